The maximum atomic E-state index is 13.3. The highest BCUT2D eigenvalue weighted by Crippen LogP contribution is 2.33. The molecule has 3 aromatic carbocycles. The van der Waals surface area contributed by atoms with E-state index in [1.807, 2.05) is 54.2 Å². The number of hydrogen-bond acceptors (Lipinski definition) is 7. The van der Waals surface area contributed by atoms with Crippen LogP contribution in [0.3, 0.4) is 0 Å². The second-order valence-corrected chi connectivity index (χ2v) is 9.32. The average molecular weight is 530 g/mol. The maximum Gasteiger partial charge on any atom is 0.335 e. The summed E-state index contributed by atoms with van der Waals surface area (Å²) in [5, 5.41) is 10.3. The number of carbonyl (C=O) groups is 2. The number of carboxylic acid groups (broad SMARTS) is 1. The number of ketones is 1. The van der Waals surface area contributed by atoms with E-state index in [-0.39, 0.29) is 29.4 Å². The first-order valence-electron chi connectivity index (χ1n) is 11.8. The fourth-order valence-corrected chi connectivity index (χ4v) is 4.30. The number of anilines is 3. The summed E-state index contributed by atoms with van der Waals surface area (Å²) in [5.41, 5.74) is 3.71. The number of carboxylic acids is 1. The van der Waals surface area contributed by atoms with Gasteiger partial charge in [0.2, 0.25) is 12.6 Å². The third-order valence-corrected chi connectivity index (χ3v) is 6.56. The Hall–Kier alpha value is -4.56. The lowest BCUT2D eigenvalue weighted by Crippen LogP contribution is -2.18. The third kappa shape index (κ3) is 5.26. The molecule has 1 aliphatic heterocycles. The van der Waals surface area contributed by atoms with Crippen LogP contribution >= 0.6 is 11.6 Å². The second-order valence-electron chi connectivity index (χ2n) is 8.88. The van der Waals surface area contributed by atoms with Gasteiger partial charge in [0, 0.05) is 42.6 Å². The number of aromatic nitrogens is 1. The second kappa shape index (κ2) is 10.4. The van der Waals surface area contributed by atoms with Crippen molar-refractivity contribution in [3.63, 3.8) is 0 Å². The summed E-state index contributed by atoms with van der Waals surface area (Å²) in [4.78, 5) is 33.4. The fourth-order valence-electron chi connectivity index (χ4n) is 4.17. The lowest BCUT2D eigenvalue weighted by atomic mass is 10.0. The Labute approximate surface area is 224 Å². The zero-order valence-corrected chi connectivity index (χ0v) is 21.5. The van der Waals surface area contributed by atoms with Crippen molar-refractivity contribution in [2.75, 3.05) is 30.7 Å². The van der Waals surface area contributed by atoms with E-state index in [4.69, 9.17) is 21.1 Å². The van der Waals surface area contributed by atoms with E-state index < -0.39 is 5.97 Å². The van der Waals surface area contributed by atoms with Gasteiger partial charge in [-0.1, -0.05) is 17.7 Å². The van der Waals surface area contributed by atoms with Gasteiger partial charge in [-0.05, 0) is 72.3 Å². The molecule has 0 saturated heterocycles. The van der Waals surface area contributed by atoms with Gasteiger partial charge in [-0.2, -0.15) is 0 Å². The SMILES string of the molecule is CN(Cc1ccc2c(c1)OCO2)c1cc(C(=O)O)cc(C(=O)c2ccc(N(C)c3ccc(Cl)cc3)cn2)c1. The predicted molar refractivity (Wildman–Crippen MR) is 145 cm³/mol. The molecule has 0 atom stereocenters. The van der Waals surface area contributed by atoms with Crippen LogP contribution < -0.4 is 19.3 Å². The van der Waals surface area contributed by atoms with E-state index in [0.29, 0.717) is 28.8 Å². The summed E-state index contributed by atoms with van der Waals surface area (Å²) in [7, 11) is 3.72. The van der Waals surface area contributed by atoms with Gasteiger partial charge in [-0.25, -0.2) is 4.79 Å². The molecule has 0 spiro atoms. The number of fused-ring (bicyclic) bond motifs is 1. The number of pyridine rings is 1. The number of aromatic carboxylic acids is 1. The lowest BCUT2D eigenvalue weighted by Gasteiger charge is -2.21. The lowest BCUT2D eigenvalue weighted by molar-refractivity contribution is 0.0697. The molecule has 5 rings (SSSR count). The number of benzene rings is 3. The van der Waals surface area contributed by atoms with Crippen molar-refractivity contribution >= 4 is 40.4 Å². The van der Waals surface area contributed by atoms with E-state index >= 15 is 0 Å². The molecule has 1 aromatic heterocycles. The average Bonchev–Trinajstić information content (AvgIpc) is 3.40. The van der Waals surface area contributed by atoms with Gasteiger partial charge in [0.1, 0.15) is 5.69 Å². The minimum atomic E-state index is -1.12. The van der Waals surface area contributed by atoms with Crippen LogP contribution in [0.25, 0.3) is 0 Å². The van der Waals surface area contributed by atoms with Gasteiger partial charge in [0.15, 0.2) is 11.5 Å². The minimum Gasteiger partial charge on any atom is -0.478 e. The van der Waals surface area contributed by atoms with Gasteiger partial charge >= 0.3 is 5.97 Å². The Morgan fingerprint density at radius 1 is 0.868 bits per heavy atom. The summed E-state index contributed by atoms with van der Waals surface area (Å²) < 4.78 is 10.8. The summed E-state index contributed by atoms with van der Waals surface area (Å²) in [5.74, 6) is -0.130. The van der Waals surface area contributed by atoms with Crippen molar-refractivity contribution in [1.82, 2.24) is 4.98 Å². The molecule has 0 saturated carbocycles. The number of halogens is 1. The molecule has 9 heteroatoms. The van der Waals surface area contributed by atoms with Crippen LogP contribution in [0.1, 0.15) is 32.0 Å². The predicted octanol–water partition coefficient (Wildman–Crippen LogP) is 5.80. The van der Waals surface area contributed by atoms with Crippen molar-refractivity contribution in [1.29, 1.82) is 0 Å². The van der Waals surface area contributed by atoms with Crippen LogP contribution in [-0.2, 0) is 6.54 Å². The van der Waals surface area contributed by atoms with Gasteiger partial charge in [0.25, 0.3) is 0 Å². The Kier molecular flexibility index (Phi) is 6.89. The molecule has 0 bridgehead atoms. The smallest absolute Gasteiger partial charge is 0.335 e. The Bertz CT molecular complexity index is 1510. The Balaban J connectivity index is 1.38. The molecule has 8 nitrogen and oxygen atoms in total. The quantitative estimate of drug-likeness (QED) is 0.286. The zero-order chi connectivity index (χ0) is 26.8. The number of nitrogens with zero attached hydrogens (tertiary/aromatic N) is 3. The van der Waals surface area contributed by atoms with Gasteiger partial charge in [0.05, 0.1) is 17.4 Å². The number of hydrogen-bond donors (Lipinski definition) is 1. The van der Waals surface area contributed by atoms with Crippen LogP contribution in [0, 0.1) is 0 Å². The first-order chi connectivity index (χ1) is 18.3. The molecular weight excluding hydrogens is 506 g/mol. The van der Waals surface area contributed by atoms with E-state index in [1.54, 1.807) is 42.6 Å². The molecule has 192 valence electrons. The zero-order valence-electron chi connectivity index (χ0n) is 20.7. The number of carbonyl (C=O) groups excluding carboxylic acids is 1. The molecule has 0 radical (unpaired) electrons. The van der Waals surface area contributed by atoms with E-state index in [1.165, 1.54) is 6.07 Å². The fraction of sp³-hybridized carbons (Fsp3) is 0.138. The van der Waals surface area contributed by atoms with Crippen molar-refractivity contribution in [2.45, 2.75) is 6.54 Å². The van der Waals surface area contributed by atoms with Crippen molar-refractivity contribution in [3.05, 3.63) is 106 Å². The van der Waals surface area contributed by atoms with Crippen LogP contribution in [-0.4, -0.2) is 42.7 Å². The summed E-state index contributed by atoms with van der Waals surface area (Å²) in [6.45, 7) is 0.657. The largest absolute Gasteiger partial charge is 0.478 e. The minimum absolute atomic E-state index is 0.0162. The van der Waals surface area contributed by atoms with E-state index in [0.717, 1.165) is 16.9 Å². The van der Waals surface area contributed by atoms with Crippen LogP contribution in [0.15, 0.2) is 79.0 Å². The normalized spacial score (nSPS) is 11.8. The van der Waals surface area contributed by atoms with E-state index in [9.17, 15) is 14.7 Å². The molecule has 1 N–H and O–H groups in total. The highest BCUT2D eigenvalue weighted by molar-refractivity contribution is 6.30. The van der Waals surface area contributed by atoms with E-state index in [2.05, 4.69) is 4.98 Å². The maximum absolute atomic E-state index is 13.3. The summed E-state index contributed by atoms with van der Waals surface area (Å²) >= 11 is 5.98. The first kappa shape index (κ1) is 25.1. The molecule has 2 heterocycles. The Morgan fingerprint density at radius 2 is 1.58 bits per heavy atom. The molecule has 38 heavy (non-hydrogen) atoms. The third-order valence-electron chi connectivity index (χ3n) is 6.31. The molecule has 4 aromatic rings. The molecule has 0 unspecified atom stereocenters. The first-order valence-corrected chi connectivity index (χ1v) is 12.1. The highest BCUT2D eigenvalue weighted by Gasteiger charge is 2.18. The van der Waals surface area contributed by atoms with Crippen LogP contribution in [0.4, 0.5) is 17.1 Å². The van der Waals surface area contributed by atoms with Gasteiger partial charge < -0.3 is 24.4 Å². The number of ether oxygens (including phenoxy) is 2. The summed E-state index contributed by atoms with van der Waals surface area (Å²) in [6, 6.07) is 21.1. The molecular formula is C29H24ClN3O5. The van der Waals surface area contributed by atoms with Crippen LogP contribution in [0.5, 0.6) is 11.5 Å². The Morgan fingerprint density at radius 3 is 2.29 bits per heavy atom. The standard InChI is InChI=1S/C29H24ClN3O5/c1-32(16-18-3-10-26-27(11-18)38-17-37-26)24-13-19(12-20(14-24)29(35)36)28(34)25-9-8-23(15-31-25)33(2)22-6-4-21(30)5-7-22/h3-15H,16-17H2,1-2H3,(H,35,36). The van der Waals surface area contributed by atoms with Crippen molar-refractivity contribution in [2.24, 2.45) is 0 Å². The molecule has 0 fully saturated rings. The van der Waals surface area contributed by atoms with Crippen molar-refractivity contribution < 1.29 is 24.2 Å². The van der Waals surface area contributed by atoms with Gasteiger partial charge in [-0.15, -0.1) is 0 Å². The van der Waals surface area contributed by atoms with Gasteiger partial charge in [-0.3, -0.25) is 9.78 Å². The molecule has 0 amide bonds. The number of rotatable bonds is 8. The highest BCUT2D eigenvalue weighted by atomic mass is 35.5. The van der Waals surface area contributed by atoms with Crippen molar-refractivity contribution in [3.8, 4) is 11.5 Å². The van der Waals surface area contributed by atoms with Crippen LogP contribution in [0.2, 0.25) is 5.02 Å². The monoisotopic (exact) mass is 529 g/mol. The summed E-state index contributed by atoms with van der Waals surface area (Å²) in [6.07, 6.45) is 1.61. The molecule has 0 aliphatic carbocycles. The molecule has 1 aliphatic rings. The topological polar surface area (TPSA) is 92.2 Å².